The first-order chi connectivity index (χ1) is 31.0. The Morgan fingerprint density at radius 3 is 1.33 bits per heavy atom. The van der Waals surface area contributed by atoms with Gasteiger partial charge in [0.1, 0.15) is 56.5 Å². The second-order valence-electron chi connectivity index (χ2n) is 20.7. The molecule has 0 amide bonds. The fourth-order valence-electron chi connectivity index (χ4n) is 10.1. The van der Waals surface area contributed by atoms with E-state index in [-0.39, 0.29) is 24.4 Å². The van der Waals surface area contributed by atoms with Crippen LogP contribution in [0.3, 0.4) is 0 Å². The maximum Gasteiger partial charge on any atom is 0.403 e. The van der Waals surface area contributed by atoms with Gasteiger partial charge in [-0.05, 0) is 121 Å². The molecule has 12 rings (SSSR count). The van der Waals surface area contributed by atoms with Crippen molar-refractivity contribution in [3.05, 3.63) is 57.5 Å². The van der Waals surface area contributed by atoms with Crippen LogP contribution in [0, 0.1) is 0 Å². The van der Waals surface area contributed by atoms with Crippen LogP contribution in [-0.4, -0.2) is 95.7 Å². The molecule has 2 aromatic heterocycles. The van der Waals surface area contributed by atoms with Gasteiger partial charge in [0.25, 0.3) is 34.6 Å². The molecule has 0 aliphatic carbocycles. The van der Waals surface area contributed by atoms with Gasteiger partial charge in [-0.2, -0.15) is 0 Å². The number of rotatable bonds is 9. The van der Waals surface area contributed by atoms with Gasteiger partial charge in [0.15, 0.2) is 16.9 Å². The minimum atomic E-state index is -1.54. The van der Waals surface area contributed by atoms with Gasteiger partial charge in [0.2, 0.25) is 28.8 Å². The van der Waals surface area contributed by atoms with Crippen molar-refractivity contribution < 1.29 is 51.8 Å². The fraction of sp³-hybridized carbons (Fsp3) is 0.510. The van der Waals surface area contributed by atoms with Crippen molar-refractivity contribution in [3.63, 3.8) is 0 Å². The Hall–Kier alpha value is -6.36. The fourth-order valence-corrected chi connectivity index (χ4v) is 10.1. The zero-order valence-corrected chi connectivity index (χ0v) is 40.4. The molecule has 344 valence electrons. The van der Waals surface area contributed by atoms with Gasteiger partial charge in [-0.3, -0.25) is 0 Å². The normalized spacial score (nSPS) is 23.8. The van der Waals surface area contributed by atoms with Crippen LogP contribution in [0.4, 0.5) is 11.6 Å². The molecule has 17 heteroatoms. The third kappa shape index (κ3) is 4.78. The Kier molecular flexibility index (Phi) is 7.81. The second-order valence-corrected chi connectivity index (χ2v) is 20.7. The standard InChI is InChI=1S/C49H56N8O9/c1-21(2)59-25-17-19-27(61-23(5)6)31-29(25)37-50-38-30-26(60-22(3)4)18-20-28(62-24(7)8)32(30)40-52-44-36-35(65-47(13,14)48(15,58-16)66-36)43-53-42-34-33(63-45(9,10)46(11,12)64-34)41-51-39(31)54(37)49(55(38)40,56(41)42)57(43)44/h17-24H,1-16H3/q+2/t48-,49?/m1/s1. The molecule has 66 heavy (non-hydrogen) atoms. The molecule has 10 heterocycles. The van der Waals surface area contributed by atoms with E-state index in [1.807, 2.05) is 128 Å². The van der Waals surface area contributed by atoms with E-state index < -0.39 is 28.5 Å². The molecule has 0 saturated heterocycles. The Morgan fingerprint density at radius 2 is 0.864 bits per heavy atom. The molecule has 8 aliphatic rings. The third-order valence-corrected chi connectivity index (χ3v) is 13.9. The van der Waals surface area contributed by atoms with Gasteiger partial charge in [-0.15, -0.1) is 9.15 Å². The first-order valence-corrected chi connectivity index (χ1v) is 22.9. The number of benzene rings is 2. The lowest BCUT2D eigenvalue weighted by Crippen LogP contribution is -2.71. The average molecular weight is 901 g/mol. The lowest BCUT2D eigenvalue weighted by atomic mass is 9.88. The van der Waals surface area contributed by atoms with Crippen molar-refractivity contribution in [2.24, 2.45) is 20.0 Å². The van der Waals surface area contributed by atoms with Crippen LogP contribution in [0.1, 0.15) is 126 Å². The number of ether oxygens (including phenoxy) is 9. The van der Waals surface area contributed by atoms with E-state index in [1.54, 1.807) is 7.11 Å². The van der Waals surface area contributed by atoms with Crippen LogP contribution in [0.2, 0.25) is 0 Å². The summed E-state index contributed by atoms with van der Waals surface area (Å²) in [6, 6.07) is 7.81. The summed E-state index contributed by atoms with van der Waals surface area (Å²) in [4.78, 5) is 22.5. The molecule has 1 unspecified atom stereocenters. The van der Waals surface area contributed by atoms with Crippen LogP contribution in [0.25, 0.3) is 0 Å². The highest BCUT2D eigenvalue weighted by Crippen LogP contribution is 2.62. The number of hydrogen-bond donors (Lipinski definition) is 0. The first-order valence-electron chi connectivity index (χ1n) is 22.9. The maximum atomic E-state index is 7.14. The molecule has 0 saturated carbocycles. The average Bonchev–Trinajstić information content (AvgIpc) is 3.91. The molecule has 0 radical (unpaired) electrons. The lowest BCUT2D eigenvalue weighted by molar-refractivity contribution is -0.792. The Labute approximate surface area is 382 Å². The molecule has 2 aromatic carbocycles. The van der Waals surface area contributed by atoms with Crippen LogP contribution in [0.5, 0.6) is 46.0 Å². The van der Waals surface area contributed by atoms with E-state index in [0.29, 0.717) is 114 Å². The number of aromatic nitrogens is 2. The van der Waals surface area contributed by atoms with Gasteiger partial charge in [0, 0.05) is 14.0 Å². The molecule has 8 aliphatic heterocycles. The van der Waals surface area contributed by atoms with Gasteiger partial charge >= 0.3 is 5.91 Å². The Balaban J connectivity index is 1.33. The number of methoxy groups -OCH3 is 1. The number of hydrogen-bond acceptors (Lipinski definition) is 13. The quantitative estimate of drug-likeness (QED) is 0.166. The number of aliphatic imine (C=N–C) groups is 2. The van der Waals surface area contributed by atoms with E-state index in [0.717, 1.165) is 0 Å². The topological polar surface area (TPSA) is 148 Å². The summed E-state index contributed by atoms with van der Waals surface area (Å²) >= 11 is 0. The number of amidine groups is 4. The van der Waals surface area contributed by atoms with Crippen molar-refractivity contribution in [1.82, 2.24) is 9.13 Å². The van der Waals surface area contributed by atoms with Crippen LogP contribution in [-0.2, 0) is 10.6 Å². The van der Waals surface area contributed by atoms with Crippen molar-refractivity contribution in [1.29, 1.82) is 0 Å². The smallest absolute Gasteiger partial charge is 0.403 e. The second kappa shape index (κ2) is 12.5. The van der Waals surface area contributed by atoms with E-state index in [1.165, 1.54) is 0 Å². The van der Waals surface area contributed by atoms with Crippen molar-refractivity contribution in [3.8, 4) is 46.0 Å². The summed E-state index contributed by atoms with van der Waals surface area (Å²) in [6.45, 7) is 29.9. The summed E-state index contributed by atoms with van der Waals surface area (Å²) in [5, 5.41) is 0. The summed E-state index contributed by atoms with van der Waals surface area (Å²) in [5.74, 6) is 4.31. The molecule has 1 spiro atoms. The lowest BCUT2D eigenvalue weighted by Gasteiger charge is -2.45. The number of fused-ring (bicyclic) bond motifs is 12. The van der Waals surface area contributed by atoms with Crippen LogP contribution >= 0.6 is 0 Å². The van der Waals surface area contributed by atoms with Crippen LogP contribution < -0.4 is 48.9 Å². The maximum absolute atomic E-state index is 7.14. The Bertz CT molecular complexity index is 3220. The molecular weight excluding hydrogens is 845 g/mol. The van der Waals surface area contributed by atoms with Crippen LogP contribution in [0.15, 0.2) is 44.2 Å². The zero-order valence-electron chi connectivity index (χ0n) is 40.4. The van der Waals surface area contributed by atoms with E-state index in [2.05, 4.69) is 18.3 Å². The number of nitrogens with zero attached hydrogens (tertiary/aromatic N) is 8. The van der Waals surface area contributed by atoms with Gasteiger partial charge in [-0.1, -0.05) is 15.0 Å². The third-order valence-electron chi connectivity index (χ3n) is 13.9. The highest BCUT2D eigenvalue weighted by Gasteiger charge is 2.73. The molecule has 0 fully saturated rings. The first kappa shape index (κ1) is 41.1. The summed E-state index contributed by atoms with van der Waals surface area (Å²) in [5.41, 5.74) is 1.13. The molecule has 0 N–H and O–H groups in total. The SMILES string of the molecule is CO[C@]1(C)Oc2c(c3n4c2N=C2c5c(OC(C)C)ccc(OC(C)C)c5C5=[N+]2C42n4c(c6c(c4=N3)OC(C)(C)C(C)(C)O6)=NC3=[N+]2C(=N5)c2c(OC(C)C)ccc(OC(C)C)c23)OC1(C)C. The summed E-state index contributed by atoms with van der Waals surface area (Å²) in [7, 11) is 1.61. The molecule has 17 nitrogen and oxygen atoms in total. The van der Waals surface area contributed by atoms with E-state index >= 15 is 0 Å². The monoisotopic (exact) mass is 900 g/mol. The highest BCUT2D eigenvalue weighted by atomic mass is 16.7. The largest absolute Gasteiger partial charge is 0.490 e. The van der Waals surface area contributed by atoms with Gasteiger partial charge < -0.3 is 42.6 Å². The van der Waals surface area contributed by atoms with Crippen molar-refractivity contribution >= 4 is 35.0 Å². The summed E-state index contributed by atoms with van der Waals surface area (Å²) < 4.78 is 69.9. The Morgan fingerprint density at radius 1 is 0.470 bits per heavy atom. The van der Waals surface area contributed by atoms with Gasteiger partial charge in [0.05, 0.1) is 24.4 Å². The molecular formula is C49H56N8O9+2. The minimum absolute atomic E-state index is 0.181. The molecule has 2 atom stereocenters. The minimum Gasteiger partial charge on any atom is -0.490 e. The summed E-state index contributed by atoms with van der Waals surface area (Å²) in [6.07, 6.45) is -0.733. The van der Waals surface area contributed by atoms with Gasteiger partial charge in [-0.25, -0.2) is 14.1 Å². The predicted octanol–water partition coefficient (Wildman–Crippen LogP) is 6.79. The molecule has 0 bridgehead atoms. The predicted molar refractivity (Wildman–Crippen MR) is 242 cm³/mol. The van der Waals surface area contributed by atoms with Crippen molar-refractivity contribution in [2.45, 2.75) is 157 Å². The van der Waals surface area contributed by atoms with Crippen molar-refractivity contribution in [2.75, 3.05) is 7.11 Å². The molecule has 4 aromatic rings. The highest BCUT2D eigenvalue weighted by molar-refractivity contribution is 6.26. The van der Waals surface area contributed by atoms with E-state index in [4.69, 9.17) is 62.6 Å². The zero-order chi connectivity index (χ0) is 46.7. The van der Waals surface area contributed by atoms with E-state index in [9.17, 15) is 0 Å².